The molecule has 0 saturated heterocycles. The standard InChI is InChI=1S/C22H20Cl2N2O4S/c1-13-19(21(26-30-13)20-17(23)7-4-8-18(20)24)22(27)25-14-9-11-16(12-10-14)31(28,29)15-5-2-3-6-15/h4,7-12,15H,2-3,5-6H2,1H3,(H,25,27). The molecule has 162 valence electrons. The predicted octanol–water partition coefficient (Wildman–Crippen LogP) is 5.93. The van der Waals surface area contributed by atoms with Gasteiger partial charge in [0.05, 0.1) is 20.2 Å². The molecule has 1 aromatic heterocycles. The molecule has 31 heavy (non-hydrogen) atoms. The Bertz CT molecular complexity index is 1210. The lowest BCUT2D eigenvalue weighted by Crippen LogP contribution is -2.18. The Labute approximate surface area is 190 Å². The van der Waals surface area contributed by atoms with E-state index in [1.165, 1.54) is 12.1 Å². The zero-order chi connectivity index (χ0) is 22.2. The molecule has 0 aliphatic heterocycles. The fourth-order valence-corrected chi connectivity index (χ4v) is 6.28. The van der Waals surface area contributed by atoms with Crippen LogP contribution in [-0.4, -0.2) is 24.7 Å². The molecule has 0 unspecified atom stereocenters. The first-order chi connectivity index (χ1) is 14.8. The quantitative estimate of drug-likeness (QED) is 0.490. The van der Waals surface area contributed by atoms with Crippen LogP contribution < -0.4 is 5.32 Å². The van der Waals surface area contributed by atoms with Crippen molar-refractivity contribution in [1.29, 1.82) is 0 Å². The van der Waals surface area contributed by atoms with E-state index in [9.17, 15) is 13.2 Å². The van der Waals surface area contributed by atoms with Gasteiger partial charge in [0.25, 0.3) is 5.91 Å². The summed E-state index contributed by atoms with van der Waals surface area (Å²) in [5.41, 5.74) is 1.31. The van der Waals surface area contributed by atoms with Crippen molar-refractivity contribution in [3.05, 3.63) is 63.8 Å². The number of nitrogens with one attached hydrogen (secondary N) is 1. The Kier molecular flexibility index (Phi) is 6.10. The van der Waals surface area contributed by atoms with E-state index in [-0.39, 0.29) is 21.4 Å². The second-order valence-electron chi connectivity index (χ2n) is 7.49. The molecule has 1 aliphatic carbocycles. The van der Waals surface area contributed by atoms with Crippen LogP contribution in [-0.2, 0) is 9.84 Å². The largest absolute Gasteiger partial charge is 0.360 e. The van der Waals surface area contributed by atoms with Gasteiger partial charge in [0.2, 0.25) is 0 Å². The van der Waals surface area contributed by atoms with E-state index in [2.05, 4.69) is 10.5 Å². The summed E-state index contributed by atoms with van der Waals surface area (Å²) >= 11 is 12.5. The van der Waals surface area contributed by atoms with Crippen molar-refractivity contribution in [2.75, 3.05) is 5.32 Å². The van der Waals surface area contributed by atoms with Crippen LogP contribution in [0.25, 0.3) is 11.3 Å². The molecule has 0 atom stereocenters. The van der Waals surface area contributed by atoms with Gasteiger partial charge in [-0.05, 0) is 56.2 Å². The van der Waals surface area contributed by atoms with Gasteiger partial charge in [-0.15, -0.1) is 0 Å². The number of sulfone groups is 1. The number of benzene rings is 2. The van der Waals surface area contributed by atoms with Crippen molar-refractivity contribution in [1.82, 2.24) is 5.16 Å². The van der Waals surface area contributed by atoms with E-state index in [0.29, 0.717) is 39.9 Å². The smallest absolute Gasteiger partial charge is 0.261 e. The van der Waals surface area contributed by atoms with Crippen molar-refractivity contribution >= 4 is 44.6 Å². The number of amides is 1. The van der Waals surface area contributed by atoms with E-state index in [0.717, 1.165) is 12.8 Å². The zero-order valence-corrected chi connectivity index (χ0v) is 19.0. The SMILES string of the molecule is Cc1onc(-c2c(Cl)cccc2Cl)c1C(=O)Nc1ccc(S(=O)(=O)C2CCCC2)cc1. The summed E-state index contributed by atoms with van der Waals surface area (Å²) in [6, 6.07) is 11.2. The molecule has 0 radical (unpaired) electrons. The second-order valence-corrected chi connectivity index (χ2v) is 10.5. The highest BCUT2D eigenvalue weighted by Crippen LogP contribution is 2.37. The molecule has 6 nitrogen and oxygen atoms in total. The summed E-state index contributed by atoms with van der Waals surface area (Å²) in [5, 5.41) is 7.10. The maximum absolute atomic E-state index is 13.0. The van der Waals surface area contributed by atoms with E-state index in [4.69, 9.17) is 27.7 Å². The minimum absolute atomic E-state index is 0.206. The highest BCUT2D eigenvalue weighted by atomic mass is 35.5. The lowest BCUT2D eigenvalue weighted by atomic mass is 10.1. The molecule has 9 heteroatoms. The maximum Gasteiger partial charge on any atom is 0.261 e. The summed E-state index contributed by atoms with van der Waals surface area (Å²) in [6.07, 6.45) is 3.27. The van der Waals surface area contributed by atoms with E-state index >= 15 is 0 Å². The number of rotatable bonds is 5. The van der Waals surface area contributed by atoms with Gasteiger partial charge >= 0.3 is 0 Å². The monoisotopic (exact) mass is 478 g/mol. The number of nitrogens with zero attached hydrogens (tertiary/aromatic N) is 1. The van der Waals surface area contributed by atoms with Crippen molar-refractivity contribution in [3.63, 3.8) is 0 Å². The molecule has 0 bridgehead atoms. The molecule has 2 aromatic carbocycles. The Balaban J connectivity index is 1.59. The number of anilines is 1. The van der Waals surface area contributed by atoms with Crippen molar-refractivity contribution < 1.29 is 17.7 Å². The van der Waals surface area contributed by atoms with Crippen molar-refractivity contribution in [2.45, 2.75) is 42.8 Å². The van der Waals surface area contributed by atoms with Gasteiger partial charge < -0.3 is 9.84 Å². The Morgan fingerprint density at radius 2 is 1.68 bits per heavy atom. The van der Waals surface area contributed by atoms with Crippen LogP contribution in [0.1, 0.15) is 41.8 Å². The third kappa shape index (κ3) is 4.22. The Morgan fingerprint density at radius 1 is 1.06 bits per heavy atom. The number of hydrogen-bond donors (Lipinski definition) is 1. The predicted molar refractivity (Wildman–Crippen MR) is 121 cm³/mol. The molecule has 1 fully saturated rings. The number of aryl methyl sites for hydroxylation is 1. The van der Waals surface area contributed by atoms with E-state index in [1.807, 2.05) is 0 Å². The van der Waals surface area contributed by atoms with Gasteiger partial charge in [0, 0.05) is 11.3 Å². The summed E-state index contributed by atoms with van der Waals surface area (Å²) in [5.74, 6) is -0.153. The molecular formula is C22H20Cl2N2O4S. The highest BCUT2D eigenvalue weighted by Gasteiger charge is 2.30. The van der Waals surface area contributed by atoms with Gasteiger partial charge in [0.1, 0.15) is 17.0 Å². The topological polar surface area (TPSA) is 89.3 Å². The first-order valence-corrected chi connectivity index (χ1v) is 12.1. The summed E-state index contributed by atoms with van der Waals surface area (Å²) in [6.45, 7) is 1.62. The molecular weight excluding hydrogens is 459 g/mol. The lowest BCUT2D eigenvalue weighted by molar-refractivity contribution is 0.102. The van der Waals surface area contributed by atoms with Crippen LogP contribution in [0, 0.1) is 6.92 Å². The second kappa shape index (κ2) is 8.65. The van der Waals surface area contributed by atoms with Crippen LogP contribution in [0.3, 0.4) is 0 Å². The van der Waals surface area contributed by atoms with Crippen LogP contribution in [0.15, 0.2) is 51.9 Å². The first kappa shape index (κ1) is 21.9. The van der Waals surface area contributed by atoms with Crippen LogP contribution in [0.5, 0.6) is 0 Å². The molecule has 0 spiro atoms. The Hall–Kier alpha value is -2.35. The van der Waals surface area contributed by atoms with Crippen molar-refractivity contribution in [3.8, 4) is 11.3 Å². The first-order valence-electron chi connectivity index (χ1n) is 9.85. The average Bonchev–Trinajstić information content (AvgIpc) is 3.39. The number of aromatic nitrogens is 1. The van der Waals surface area contributed by atoms with Crippen LogP contribution in [0.2, 0.25) is 10.0 Å². The number of carbonyl (C=O) groups is 1. The number of hydrogen-bond acceptors (Lipinski definition) is 5. The fourth-order valence-electron chi connectivity index (χ4n) is 3.85. The van der Waals surface area contributed by atoms with Gasteiger partial charge in [-0.25, -0.2) is 8.42 Å². The zero-order valence-electron chi connectivity index (χ0n) is 16.7. The third-order valence-electron chi connectivity index (χ3n) is 5.47. The number of carbonyl (C=O) groups excluding carboxylic acids is 1. The lowest BCUT2D eigenvalue weighted by Gasteiger charge is -2.12. The normalized spacial score (nSPS) is 14.7. The Morgan fingerprint density at radius 3 is 2.29 bits per heavy atom. The average molecular weight is 479 g/mol. The van der Waals surface area contributed by atoms with Crippen molar-refractivity contribution in [2.24, 2.45) is 0 Å². The van der Waals surface area contributed by atoms with E-state index in [1.54, 1.807) is 37.3 Å². The molecule has 1 N–H and O–H groups in total. The maximum atomic E-state index is 13.0. The molecule has 1 amide bonds. The van der Waals surface area contributed by atoms with Gasteiger partial charge in [-0.3, -0.25) is 4.79 Å². The van der Waals surface area contributed by atoms with Gasteiger partial charge in [0.15, 0.2) is 9.84 Å². The van der Waals surface area contributed by atoms with Gasteiger partial charge in [-0.1, -0.05) is 47.3 Å². The van der Waals surface area contributed by atoms with Gasteiger partial charge in [-0.2, -0.15) is 0 Å². The summed E-state index contributed by atoms with van der Waals surface area (Å²) in [4.78, 5) is 13.3. The highest BCUT2D eigenvalue weighted by molar-refractivity contribution is 7.92. The molecule has 1 saturated carbocycles. The number of halogens is 2. The molecule has 1 heterocycles. The molecule has 1 aliphatic rings. The minimum Gasteiger partial charge on any atom is -0.360 e. The molecule has 4 rings (SSSR count). The summed E-state index contributed by atoms with van der Waals surface area (Å²) < 4.78 is 30.7. The van der Waals surface area contributed by atoms with Crippen LogP contribution >= 0.6 is 23.2 Å². The summed E-state index contributed by atoms with van der Waals surface area (Å²) in [7, 11) is -3.35. The minimum atomic E-state index is -3.35. The fraction of sp³-hybridized carbons (Fsp3) is 0.273. The van der Waals surface area contributed by atoms with Crippen LogP contribution in [0.4, 0.5) is 5.69 Å². The molecule has 3 aromatic rings. The third-order valence-corrected chi connectivity index (χ3v) is 8.38. The van der Waals surface area contributed by atoms with E-state index < -0.39 is 15.7 Å².